The van der Waals surface area contributed by atoms with E-state index in [9.17, 15) is 10.1 Å². The van der Waals surface area contributed by atoms with Gasteiger partial charge < -0.3 is 9.69 Å². The molecule has 1 aromatic heterocycles. The van der Waals surface area contributed by atoms with Gasteiger partial charge in [-0.05, 0) is 31.2 Å². The first-order valence-electron chi connectivity index (χ1n) is 7.23. The van der Waals surface area contributed by atoms with Crippen molar-refractivity contribution in [2.45, 2.75) is 39.5 Å². The summed E-state index contributed by atoms with van der Waals surface area (Å²) in [4.78, 5) is 12.9. The number of carbonyl (C=O) groups excluding carboxylic acids is 1. The lowest BCUT2D eigenvalue weighted by atomic mass is 9.97. The van der Waals surface area contributed by atoms with Crippen molar-refractivity contribution in [3.8, 4) is 6.07 Å². The Bertz CT molecular complexity index is 527. The smallest absolute Gasteiger partial charge is 0.169 e. The number of rotatable bonds is 4. The number of nitrogens with zero attached hydrogens (tertiary/aromatic N) is 4. The summed E-state index contributed by atoms with van der Waals surface area (Å²) in [7, 11) is 0. The van der Waals surface area contributed by atoms with Crippen molar-refractivity contribution in [1.82, 2.24) is 10.2 Å². The van der Waals surface area contributed by atoms with Gasteiger partial charge in [0.25, 0.3) is 0 Å². The molecular formula is C15H20N4O. The van der Waals surface area contributed by atoms with Crippen molar-refractivity contribution in [2.24, 2.45) is 5.92 Å². The highest BCUT2D eigenvalue weighted by molar-refractivity contribution is 5.59. The number of anilines is 1. The van der Waals surface area contributed by atoms with Gasteiger partial charge in [0.1, 0.15) is 17.9 Å². The molecule has 1 saturated heterocycles. The fourth-order valence-electron chi connectivity index (χ4n) is 2.75. The van der Waals surface area contributed by atoms with E-state index in [2.05, 4.69) is 21.2 Å². The van der Waals surface area contributed by atoms with E-state index >= 15 is 0 Å². The number of hydrogen-bond acceptors (Lipinski definition) is 5. The molecule has 0 N–H and O–H groups in total. The molecule has 5 nitrogen and oxygen atoms in total. The first kappa shape index (κ1) is 14.4. The number of aromatic nitrogens is 2. The van der Waals surface area contributed by atoms with E-state index in [4.69, 9.17) is 0 Å². The van der Waals surface area contributed by atoms with E-state index in [1.165, 1.54) is 0 Å². The highest BCUT2D eigenvalue weighted by Crippen LogP contribution is 2.26. The topological polar surface area (TPSA) is 69.9 Å². The minimum atomic E-state index is 0.144. The average molecular weight is 272 g/mol. The molecule has 0 amide bonds. The second kappa shape index (κ2) is 6.47. The van der Waals surface area contributed by atoms with Gasteiger partial charge in [-0.15, -0.1) is 5.10 Å². The van der Waals surface area contributed by atoms with Crippen molar-refractivity contribution in [3.63, 3.8) is 0 Å². The van der Waals surface area contributed by atoms with Gasteiger partial charge in [0, 0.05) is 19.0 Å². The third-order valence-electron chi connectivity index (χ3n) is 3.97. The molecule has 0 spiro atoms. The molecule has 5 heteroatoms. The third-order valence-corrected chi connectivity index (χ3v) is 3.97. The van der Waals surface area contributed by atoms with Crippen LogP contribution in [-0.2, 0) is 17.6 Å². The Hall–Kier alpha value is -1.96. The highest BCUT2D eigenvalue weighted by Gasteiger charge is 2.24. The maximum atomic E-state index is 10.8. The lowest BCUT2D eigenvalue weighted by Crippen LogP contribution is -2.35. The van der Waals surface area contributed by atoms with E-state index in [0.717, 1.165) is 56.3 Å². The molecule has 2 rings (SSSR count). The van der Waals surface area contributed by atoms with Crippen LogP contribution < -0.4 is 4.90 Å². The van der Waals surface area contributed by atoms with Gasteiger partial charge in [-0.2, -0.15) is 10.4 Å². The molecule has 2 heterocycles. The zero-order valence-corrected chi connectivity index (χ0v) is 12.1. The van der Waals surface area contributed by atoms with E-state index in [1.54, 1.807) is 0 Å². The summed E-state index contributed by atoms with van der Waals surface area (Å²) in [5.74, 6) is 0.830. The maximum Gasteiger partial charge on any atom is 0.169 e. The summed E-state index contributed by atoms with van der Waals surface area (Å²) in [6, 6.07) is 2.30. The van der Waals surface area contributed by atoms with Crippen molar-refractivity contribution in [2.75, 3.05) is 18.0 Å². The van der Waals surface area contributed by atoms with Gasteiger partial charge in [-0.3, -0.25) is 0 Å². The van der Waals surface area contributed by atoms with Gasteiger partial charge in [0.05, 0.1) is 5.69 Å². The molecule has 0 atom stereocenters. The molecule has 20 heavy (non-hydrogen) atoms. The van der Waals surface area contributed by atoms with Crippen LogP contribution in [0.3, 0.4) is 0 Å². The minimum Gasteiger partial charge on any atom is -0.354 e. The maximum absolute atomic E-state index is 10.8. The van der Waals surface area contributed by atoms with Gasteiger partial charge in [0.2, 0.25) is 0 Å². The monoisotopic (exact) mass is 272 g/mol. The van der Waals surface area contributed by atoms with Crippen LogP contribution in [0.1, 0.15) is 43.5 Å². The zero-order valence-electron chi connectivity index (χ0n) is 12.1. The van der Waals surface area contributed by atoms with Crippen LogP contribution >= 0.6 is 0 Å². The van der Waals surface area contributed by atoms with Crippen LogP contribution in [0.5, 0.6) is 0 Å². The molecule has 0 saturated carbocycles. The molecule has 0 aliphatic carbocycles. The molecule has 1 aliphatic rings. The quantitative estimate of drug-likeness (QED) is 0.783. The van der Waals surface area contributed by atoms with Crippen LogP contribution in [0.2, 0.25) is 0 Å². The molecule has 1 aliphatic heterocycles. The molecule has 0 aromatic carbocycles. The molecule has 0 radical (unpaired) electrons. The fraction of sp³-hybridized carbons (Fsp3) is 0.600. The third kappa shape index (κ3) is 2.64. The van der Waals surface area contributed by atoms with Crippen LogP contribution in [0.4, 0.5) is 5.82 Å². The molecule has 1 fully saturated rings. The van der Waals surface area contributed by atoms with Gasteiger partial charge in [0.15, 0.2) is 5.82 Å². The number of nitriles is 1. The normalized spacial score (nSPS) is 15.9. The standard InChI is InChI=1S/C15H20N4O/c1-3-12-13(9-16)15(18-17-14(12)4-2)19-7-5-11(10-20)6-8-19/h10-11H,3-8H2,1-2H3. The lowest BCUT2D eigenvalue weighted by Gasteiger charge is -2.31. The van der Waals surface area contributed by atoms with E-state index in [0.29, 0.717) is 11.4 Å². The summed E-state index contributed by atoms with van der Waals surface area (Å²) in [6.45, 7) is 5.60. The number of aryl methyl sites for hydroxylation is 1. The van der Waals surface area contributed by atoms with Crippen molar-refractivity contribution < 1.29 is 4.79 Å². The Morgan fingerprint density at radius 1 is 1.30 bits per heavy atom. The zero-order chi connectivity index (χ0) is 14.5. The van der Waals surface area contributed by atoms with Crippen LogP contribution in [-0.4, -0.2) is 29.6 Å². The summed E-state index contributed by atoms with van der Waals surface area (Å²) in [5.41, 5.74) is 2.58. The second-order valence-corrected chi connectivity index (χ2v) is 5.10. The van der Waals surface area contributed by atoms with E-state index < -0.39 is 0 Å². The minimum absolute atomic E-state index is 0.144. The van der Waals surface area contributed by atoms with E-state index in [1.807, 2.05) is 13.8 Å². The predicted molar refractivity (Wildman–Crippen MR) is 76.5 cm³/mol. The Balaban J connectivity index is 2.33. The number of hydrogen-bond donors (Lipinski definition) is 0. The largest absolute Gasteiger partial charge is 0.354 e. The number of aldehydes is 1. The van der Waals surface area contributed by atoms with Crippen LogP contribution in [0.25, 0.3) is 0 Å². The van der Waals surface area contributed by atoms with E-state index in [-0.39, 0.29) is 5.92 Å². The van der Waals surface area contributed by atoms with Crippen molar-refractivity contribution in [1.29, 1.82) is 5.26 Å². The first-order valence-corrected chi connectivity index (χ1v) is 7.23. The fourth-order valence-corrected chi connectivity index (χ4v) is 2.75. The second-order valence-electron chi connectivity index (χ2n) is 5.10. The Morgan fingerprint density at radius 3 is 2.50 bits per heavy atom. The molecular weight excluding hydrogens is 252 g/mol. The number of carbonyl (C=O) groups is 1. The first-order chi connectivity index (χ1) is 9.74. The highest BCUT2D eigenvalue weighted by atomic mass is 16.1. The molecule has 0 unspecified atom stereocenters. The lowest BCUT2D eigenvalue weighted by molar-refractivity contribution is -0.111. The summed E-state index contributed by atoms with van der Waals surface area (Å²) in [6.07, 6.45) is 4.27. The van der Waals surface area contributed by atoms with Crippen molar-refractivity contribution in [3.05, 3.63) is 16.8 Å². The average Bonchev–Trinajstić information content (AvgIpc) is 2.53. The summed E-state index contributed by atoms with van der Waals surface area (Å²) >= 11 is 0. The Morgan fingerprint density at radius 2 is 2.00 bits per heavy atom. The van der Waals surface area contributed by atoms with Gasteiger partial charge in [-0.1, -0.05) is 13.8 Å². The molecule has 1 aromatic rings. The predicted octanol–water partition coefficient (Wildman–Crippen LogP) is 1.89. The van der Waals surface area contributed by atoms with Crippen LogP contribution in [0.15, 0.2) is 0 Å². The van der Waals surface area contributed by atoms with Gasteiger partial charge in [-0.25, -0.2) is 0 Å². The summed E-state index contributed by atoms with van der Waals surface area (Å²) < 4.78 is 0. The van der Waals surface area contributed by atoms with Crippen LogP contribution in [0, 0.1) is 17.2 Å². The van der Waals surface area contributed by atoms with Gasteiger partial charge >= 0.3 is 0 Å². The Labute approximate surface area is 119 Å². The Kier molecular flexibility index (Phi) is 4.67. The molecule has 106 valence electrons. The molecule has 0 bridgehead atoms. The number of piperidine rings is 1. The summed E-state index contributed by atoms with van der Waals surface area (Å²) in [5, 5.41) is 18.0. The SMILES string of the molecule is CCc1nnc(N2CCC(C=O)CC2)c(C#N)c1CC. The van der Waals surface area contributed by atoms with Crippen molar-refractivity contribution >= 4 is 12.1 Å².